The third-order valence-electron chi connectivity index (χ3n) is 3.16. The topological polar surface area (TPSA) is 66.4 Å². The minimum Gasteiger partial charge on any atom is -0.481 e. The number of carboxylic acid groups (broad SMARTS) is 1. The molecule has 0 radical (unpaired) electrons. The first-order chi connectivity index (χ1) is 8.56. The molecule has 1 aliphatic carbocycles. The van der Waals surface area contributed by atoms with Crippen LogP contribution in [-0.2, 0) is 16.0 Å². The molecule has 18 heavy (non-hydrogen) atoms. The Morgan fingerprint density at radius 3 is 2.61 bits per heavy atom. The summed E-state index contributed by atoms with van der Waals surface area (Å²) >= 11 is 3.39. The summed E-state index contributed by atoms with van der Waals surface area (Å²) in [6.07, 6.45) is 1.39. The molecule has 2 rings (SSSR count). The van der Waals surface area contributed by atoms with E-state index < -0.39 is 5.97 Å². The molecule has 0 unspecified atom stereocenters. The summed E-state index contributed by atoms with van der Waals surface area (Å²) in [6.45, 7) is 0. The lowest BCUT2D eigenvalue weighted by atomic mass is 9.80. The van der Waals surface area contributed by atoms with Crippen LogP contribution in [0.2, 0.25) is 0 Å². The number of nitrogens with one attached hydrogen (secondary N) is 1. The number of hydrogen-bond donors (Lipinski definition) is 2. The Kier molecular flexibility index (Phi) is 4.01. The third kappa shape index (κ3) is 3.10. The molecule has 2 N–H and O–H groups in total. The van der Waals surface area contributed by atoms with E-state index in [0.717, 1.165) is 10.0 Å². The zero-order valence-corrected chi connectivity index (χ0v) is 11.3. The molecule has 1 fully saturated rings. The van der Waals surface area contributed by atoms with Crippen molar-refractivity contribution in [1.82, 2.24) is 5.32 Å². The fraction of sp³-hybridized carbons (Fsp3) is 0.385. The van der Waals surface area contributed by atoms with Crippen LogP contribution in [-0.4, -0.2) is 23.0 Å². The van der Waals surface area contributed by atoms with E-state index in [1.165, 1.54) is 0 Å². The van der Waals surface area contributed by atoms with Gasteiger partial charge in [0.05, 0.1) is 12.3 Å². The number of halogens is 1. The average Bonchev–Trinajstić information content (AvgIpc) is 2.25. The van der Waals surface area contributed by atoms with Crippen molar-refractivity contribution in [3.63, 3.8) is 0 Å². The van der Waals surface area contributed by atoms with E-state index in [2.05, 4.69) is 21.2 Å². The van der Waals surface area contributed by atoms with Gasteiger partial charge in [0.2, 0.25) is 5.91 Å². The maximum Gasteiger partial charge on any atom is 0.306 e. The van der Waals surface area contributed by atoms with E-state index in [1.807, 2.05) is 24.3 Å². The number of hydrogen-bond acceptors (Lipinski definition) is 2. The largest absolute Gasteiger partial charge is 0.481 e. The molecule has 1 aliphatic rings. The molecule has 4 nitrogen and oxygen atoms in total. The smallest absolute Gasteiger partial charge is 0.306 e. The molecule has 0 saturated heterocycles. The Morgan fingerprint density at radius 1 is 1.33 bits per heavy atom. The quantitative estimate of drug-likeness (QED) is 0.893. The predicted octanol–water partition coefficient (Wildman–Crippen LogP) is 1.97. The molecule has 96 valence electrons. The van der Waals surface area contributed by atoms with Gasteiger partial charge in [0.1, 0.15) is 0 Å². The van der Waals surface area contributed by atoms with Gasteiger partial charge in [-0.05, 0) is 24.5 Å². The van der Waals surface area contributed by atoms with Crippen molar-refractivity contribution < 1.29 is 14.7 Å². The van der Waals surface area contributed by atoms with Crippen molar-refractivity contribution >= 4 is 27.8 Å². The minimum absolute atomic E-state index is 0.0149. The van der Waals surface area contributed by atoms with Crippen LogP contribution >= 0.6 is 15.9 Å². The molecule has 1 amide bonds. The second kappa shape index (κ2) is 5.52. The summed E-state index contributed by atoms with van der Waals surface area (Å²) < 4.78 is 0.914. The number of aliphatic carboxylic acids is 1. The lowest BCUT2D eigenvalue weighted by molar-refractivity contribution is -0.146. The SMILES string of the molecule is O=C(Cc1ccccc1Br)NC1CC(C(=O)O)C1. The van der Waals surface area contributed by atoms with Gasteiger partial charge >= 0.3 is 5.97 Å². The maximum atomic E-state index is 11.8. The number of benzene rings is 1. The van der Waals surface area contributed by atoms with Gasteiger partial charge in [-0.15, -0.1) is 0 Å². The van der Waals surface area contributed by atoms with Crippen LogP contribution in [0.15, 0.2) is 28.7 Å². The molecule has 0 atom stereocenters. The first-order valence-electron chi connectivity index (χ1n) is 5.82. The minimum atomic E-state index is -0.772. The van der Waals surface area contributed by atoms with Gasteiger partial charge in [-0.25, -0.2) is 0 Å². The van der Waals surface area contributed by atoms with Gasteiger partial charge in [-0.3, -0.25) is 9.59 Å². The van der Waals surface area contributed by atoms with E-state index in [0.29, 0.717) is 19.3 Å². The summed E-state index contributed by atoms with van der Waals surface area (Å²) in [5.41, 5.74) is 0.934. The average molecular weight is 312 g/mol. The fourth-order valence-corrected chi connectivity index (χ4v) is 2.46. The van der Waals surface area contributed by atoms with E-state index in [4.69, 9.17) is 5.11 Å². The number of carbonyl (C=O) groups excluding carboxylic acids is 1. The summed E-state index contributed by atoms with van der Waals surface area (Å²) in [6, 6.07) is 7.59. The Morgan fingerprint density at radius 2 is 2.00 bits per heavy atom. The van der Waals surface area contributed by atoms with Crippen LogP contribution in [0.25, 0.3) is 0 Å². The zero-order chi connectivity index (χ0) is 13.1. The van der Waals surface area contributed by atoms with Crippen molar-refractivity contribution in [3.05, 3.63) is 34.3 Å². The normalized spacial score (nSPS) is 22.1. The number of amides is 1. The lowest BCUT2D eigenvalue weighted by Crippen LogP contribution is -2.47. The highest BCUT2D eigenvalue weighted by molar-refractivity contribution is 9.10. The standard InChI is InChI=1S/C13H14BrNO3/c14-11-4-2-1-3-8(11)7-12(16)15-10-5-9(6-10)13(17)18/h1-4,9-10H,5-7H2,(H,15,16)(H,17,18). The van der Waals surface area contributed by atoms with Crippen molar-refractivity contribution in [2.75, 3.05) is 0 Å². The van der Waals surface area contributed by atoms with Crippen LogP contribution in [0.1, 0.15) is 18.4 Å². The molecule has 1 aromatic rings. The van der Waals surface area contributed by atoms with Gasteiger partial charge in [-0.2, -0.15) is 0 Å². The van der Waals surface area contributed by atoms with E-state index in [-0.39, 0.29) is 17.9 Å². The molecular formula is C13H14BrNO3. The Labute approximate surface area is 114 Å². The predicted molar refractivity (Wildman–Crippen MR) is 70.1 cm³/mol. The number of carboxylic acids is 1. The second-order valence-corrected chi connectivity index (χ2v) is 5.39. The number of rotatable bonds is 4. The highest BCUT2D eigenvalue weighted by atomic mass is 79.9. The maximum absolute atomic E-state index is 11.8. The Balaban J connectivity index is 1.80. The molecule has 0 heterocycles. The highest BCUT2D eigenvalue weighted by Crippen LogP contribution is 2.27. The first-order valence-corrected chi connectivity index (χ1v) is 6.61. The highest BCUT2D eigenvalue weighted by Gasteiger charge is 2.35. The monoisotopic (exact) mass is 311 g/mol. The number of carbonyl (C=O) groups is 2. The van der Waals surface area contributed by atoms with E-state index >= 15 is 0 Å². The first kappa shape index (κ1) is 13.1. The van der Waals surface area contributed by atoms with Gasteiger partial charge in [-0.1, -0.05) is 34.1 Å². The Hall–Kier alpha value is -1.36. The fourth-order valence-electron chi connectivity index (χ4n) is 2.03. The van der Waals surface area contributed by atoms with Gasteiger partial charge < -0.3 is 10.4 Å². The molecule has 0 bridgehead atoms. The third-order valence-corrected chi connectivity index (χ3v) is 3.93. The van der Waals surface area contributed by atoms with E-state index in [1.54, 1.807) is 0 Å². The molecule has 0 spiro atoms. The van der Waals surface area contributed by atoms with Gasteiger partial charge in [0, 0.05) is 10.5 Å². The van der Waals surface area contributed by atoms with Crippen LogP contribution in [0.3, 0.4) is 0 Å². The van der Waals surface area contributed by atoms with Gasteiger partial charge in [0.15, 0.2) is 0 Å². The van der Waals surface area contributed by atoms with Crippen LogP contribution in [0, 0.1) is 5.92 Å². The summed E-state index contributed by atoms with van der Waals surface area (Å²) in [5, 5.41) is 11.6. The molecule has 1 aromatic carbocycles. The van der Waals surface area contributed by atoms with Crippen molar-refractivity contribution in [2.45, 2.75) is 25.3 Å². The summed E-state index contributed by atoms with van der Waals surface area (Å²) in [5.74, 6) is -1.12. The van der Waals surface area contributed by atoms with Gasteiger partial charge in [0.25, 0.3) is 0 Å². The van der Waals surface area contributed by atoms with Crippen molar-refractivity contribution in [2.24, 2.45) is 5.92 Å². The zero-order valence-electron chi connectivity index (χ0n) is 9.73. The molecule has 1 saturated carbocycles. The van der Waals surface area contributed by atoms with E-state index in [9.17, 15) is 9.59 Å². The van der Waals surface area contributed by atoms with Crippen molar-refractivity contribution in [1.29, 1.82) is 0 Å². The van der Waals surface area contributed by atoms with Crippen LogP contribution in [0.4, 0.5) is 0 Å². The van der Waals surface area contributed by atoms with Crippen LogP contribution < -0.4 is 5.32 Å². The molecule has 0 aromatic heterocycles. The summed E-state index contributed by atoms with van der Waals surface area (Å²) in [7, 11) is 0. The molecule has 5 heteroatoms. The van der Waals surface area contributed by atoms with Crippen molar-refractivity contribution in [3.8, 4) is 0 Å². The summed E-state index contributed by atoms with van der Waals surface area (Å²) in [4.78, 5) is 22.4. The second-order valence-electron chi connectivity index (χ2n) is 4.54. The Bertz CT molecular complexity index is 469. The molecular weight excluding hydrogens is 298 g/mol. The molecule has 0 aliphatic heterocycles. The van der Waals surface area contributed by atoms with Crippen LogP contribution in [0.5, 0.6) is 0 Å². The lowest BCUT2D eigenvalue weighted by Gasteiger charge is -2.32.